The summed E-state index contributed by atoms with van der Waals surface area (Å²) in [4.78, 5) is 2.54. The van der Waals surface area contributed by atoms with E-state index in [1.807, 2.05) is 12.3 Å². The summed E-state index contributed by atoms with van der Waals surface area (Å²) in [5.74, 6) is 0.731. The molecule has 0 amide bonds. The van der Waals surface area contributed by atoms with Gasteiger partial charge in [0.2, 0.25) is 0 Å². The van der Waals surface area contributed by atoms with Crippen molar-refractivity contribution in [3.63, 3.8) is 0 Å². The molecule has 1 N–H and O–H groups in total. The van der Waals surface area contributed by atoms with E-state index < -0.39 is 0 Å². The number of nitrogens with zero attached hydrogens (tertiary/aromatic N) is 1. The van der Waals surface area contributed by atoms with E-state index in [-0.39, 0.29) is 0 Å². The molecule has 1 aromatic heterocycles. The summed E-state index contributed by atoms with van der Waals surface area (Å²) >= 11 is 0. The van der Waals surface area contributed by atoms with Crippen molar-refractivity contribution in [2.24, 2.45) is 5.92 Å². The first-order chi connectivity index (χ1) is 7.66. The molecule has 1 saturated heterocycles. The first-order valence-corrected chi connectivity index (χ1v) is 6.15. The van der Waals surface area contributed by atoms with E-state index >= 15 is 0 Å². The smallest absolute Gasteiger partial charge is 0.0947 e. The Morgan fingerprint density at radius 2 is 2.31 bits per heavy atom. The summed E-state index contributed by atoms with van der Waals surface area (Å²) in [6, 6.07) is 3.28. The van der Waals surface area contributed by atoms with Crippen molar-refractivity contribution < 1.29 is 4.42 Å². The molecule has 2 atom stereocenters. The van der Waals surface area contributed by atoms with Crippen LogP contribution in [0.15, 0.2) is 23.0 Å². The van der Waals surface area contributed by atoms with Gasteiger partial charge in [-0.05, 0) is 25.8 Å². The molecule has 1 fully saturated rings. The minimum Gasteiger partial charge on any atom is -0.472 e. The van der Waals surface area contributed by atoms with E-state index in [0.717, 1.165) is 19.0 Å². The summed E-state index contributed by atoms with van der Waals surface area (Å²) < 4.78 is 5.07. The molecule has 0 spiro atoms. The Labute approximate surface area is 97.8 Å². The molecule has 1 aromatic rings. The number of rotatable bonds is 4. The lowest BCUT2D eigenvalue weighted by atomic mass is 10.1. The number of furan rings is 1. The molecule has 2 heterocycles. The van der Waals surface area contributed by atoms with Gasteiger partial charge in [0.15, 0.2) is 0 Å². The zero-order valence-corrected chi connectivity index (χ0v) is 10.4. The molecule has 3 nitrogen and oxygen atoms in total. The Bertz CT molecular complexity index is 308. The highest BCUT2D eigenvalue weighted by Crippen LogP contribution is 2.19. The number of nitrogens with one attached hydrogen (secondary N) is 1. The molecule has 0 radical (unpaired) electrons. The van der Waals surface area contributed by atoms with E-state index in [9.17, 15) is 0 Å². The largest absolute Gasteiger partial charge is 0.472 e. The van der Waals surface area contributed by atoms with Crippen LogP contribution in [-0.2, 0) is 6.54 Å². The van der Waals surface area contributed by atoms with Gasteiger partial charge in [-0.3, -0.25) is 4.90 Å². The minimum atomic E-state index is 0.609. The predicted molar refractivity (Wildman–Crippen MR) is 65.2 cm³/mol. The van der Waals surface area contributed by atoms with Gasteiger partial charge >= 0.3 is 0 Å². The molecule has 0 bridgehead atoms. The van der Waals surface area contributed by atoms with Crippen LogP contribution in [-0.4, -0.2) is 30.1 Å². The van der Waals surface area contributed by atoms with Crippen molar-refractivity contribution in [3.8, 4) is 0 Å². The van der Waals surface area contributed by atoms with Crippen LogP contribution in [0.25, 0.3) is 0 Å². The van der Waals surface area contributed by atoms with Crippen LogP contribution in [0.2, 0.25) is 0 Å². The predicted octanol–water partition coefficient (Wildman–Crippen LogP) is 2.10. The molecule has 0 aromatic carbocycles. The summed E-state index contributed by atoms with van der Waals surface area (Å²) in [6.07, 6.45) is 3.54. The third kappa shape index (κ3) is 2.66. The second-order valence-electron chi connectivity index (χ2n) is 5.14. The van der Waals surface area contributed by atoms with Crippen molar-refractivity contribution in [2.75, 3.05) is 13.1 Å². The maximum Gasteiger partial charge on any atom is 0.0947 e. The summed E-state index contributed by atoms with van der Waals surface area (Å²) in [5.41, 5.74) is 1.23. The van der Waals surface area contributed by atoms with E-state index in [1.54, 1.807) is 6.26 Å². The fraction of sp³-hybridized carbons (Fsp3) is 0.692. The minimum absolute atomic E-state index is 0.609. The molecule has 0 aliphatic carbocycles. The fourth-order valence-corrected chi connectivity index (χ4v) is 2.33. The summed E-state index contributed by atoms with van der Waals surface area (Å²) in [6.45, 7) is 10.2. The number of hydrogen-bond donors (Lipinski definition) is 1. The normalized spacial score (nSPS) is 26.8. The van der Waals surface area contributed by atoms with Crippen molar-refractivity contribution in [1.82, 2.24) is 10.2 Å². The summed E-state index contributed by atoms with van der Waals surface area (Å²) in [7, 11) is 0. The van der Waals surface area contributed by atoms with Crippen LogP contribution in [0.1, 0.15) is 26.3 Å². The lowest BCUT2D eigenvalue weighted by Gasteiger charge is -2.20. The van der Waals surface area contributed by atoms with Crippen LogP contribution in [0.4, 0.5) is 0 Å². The van der Waals surface area contributed by atoms with Gasteiger partial charge in [0.1, 0.15) is 0 Å². The van der Waals surface area contributed by atoms with Gasteiger partial charge < -0.3 is 9.73 Å². The Balaban J connectivity index is 1.82. The maximum atomic E-state index is 5.07. The second kappa shape index (κ2) is 5.02. The molecule has 2 rings (SSSR count). The lowest BCUT2D eigenvalue weighted by Crippen LogP contribution is -2.36. The highest BCUT2D eigenvalue weighted by atomic mass is 16.3. The average Bonchev–Trinajstić information content (AvgIpc) is 2.84. The van der Waals surface area contributed by atoms with Crippen LogP contribution in [0, 0.1) is 5.92 Å². The van der Waals surface area contributed by atoms with Gasteiger partial charge in [-0.15, -0.1) is 0 Å². The summed E-state index contributed by atoms with van der Waals surface area (Å²) in [5, 5.41) is 3.62. The molecule has 3 heteroatoms. The van der Waals surface area contributed by atoms with E-state index in [4.69, 9.17) is 4.42 Å². The SMILES string of the molecule is CC1CN(C(C)C)CC1NCc1ccoc1. The van der Waals surface area contributed by atoms with Gasteiger partial charge in [-0.25, -0.2) is 0 Å². The second-order valence-corrected chi connectivity index (χ2v) is 5.14. The monoisotopic (exact) mass is 222 g/mol. The van der Waals surface area contributed by atoms with Crippen LogP contribution in [0.3, 0.4) is 0 Å². The Morgan fingerprint density at radius 3 is 2.88 bits per heavy atom. The van der Waals surface area contributed by atoms with Crippen LogP contribution < -0.4 is 5.32 Å². The molecule has 0 saturated carbocycles. The first-order valence-electron chi connectivity index (χ1n) is 6.15. The van der Waals surface area contributed by atoms with E-state index in [1.165, 1.54) is 12.1 Å². The van der Waals surface area contributed by atoms with Crippen LogP contribution in [0.5, 0.6) is 0 Å². The van der Waals surface area contributed by atoms with Crippen molar-refractivity contribution in [3.05, 3.63) is 24.2 Å². The highest BCUT2D eigenvalue weighted by molar-refractivity contribution is 5.05. The van der Waals surface area contributed by atoms with Gasteiger partial charge in [0.25, 0.3) is 0 Å². The van der Waals surface area contributed by atoms with E-state index in [2.05, 4.69) is 31.0 Å². The highest BCUT2D eigenvalue weighted by Gasteiger charge is 2.30. The number of hydrogen-bond acceptors (Lipinski definition) is 3. The van der Waals surface area contributed by atoms with Crippen molar-refractivity contribution >= 4 is 0 Å². The fourth-order valence-electron chi connectivity index (χ4n) is 2.33. The topological polar surface area (TPSA) is 28.4 Å². The molecule has 16 heavy (non-hydrogen) atoms. The maximum absolute atomic E-state index is 5.07. The average molecular weight is 222 g/mol. The van der Waals surface area contributed by atoms with Crippen molar-refractivity contribution in [2.45, 2.75) is 39.4 Å². The molecular weight excluding hydrogens is 200 g/mol. The third-order valence-corrected chi connectivity index (χ3v) is 3.52. The van der Waals surface area contributed by atoms with Gasteiger partial charge in [-0.1, -0.05) is 6.92 Å². The molecule has 2 unspecified atom stereocenters. The number of likely N-dealkylation sites (tertiary alicyclic amines) is 1. The van der Waals surface area contributed by atoms with Gasteiger partial charge in [-0.2, -0.15) is 0 Å². The first kappa shape index (κ1) is 11.7. The third-order valence-electron chi connectivity index (χ3n) is 3.52. The zero-order valence-electron chi connectivity index (χ0n) is 10.4. The molecule has 1 aliphatic rings. The molecule has 1 aliphatic heterocycles. The van der Waals surface area contributed by atoms with Gasteiger partial charge in [0.05, 0.1) is 12.5 Å². The lowest BCUT2D eigenvalue weighted by molar-refractivity contribution is 0.264. The molecular formula is C13H22N2O. The quantitative estimate of drug-likeness (QED) is 0.845. The Kier molecular flexibility index (Phi) is 3.66. The van der Waals surface area contributed by atoms with E-state index in [0.29, 0.717) is 12.1 Å². The zero-order chi connectivity index (χ0) is 11.5. The van der Waals surface area contributed by atoms with Crippen molar-refractivity contribution in [1.29, 1.82) is 0 Å². The van der Waals surface area contributed by atoms with Crippen LogP contribution >= 0.6 is 0 Å². The molecule has 90 valence electrons. The Morgan fingerprint density at radius 1 is 1.50 bits per heavy atom. The Hall–Kier alpha value is -0.800. The van der Waals surface area contributed by atoms with Gasteiger partial charge in [0, 0.05) is 37.3 Å². The standard InChI is InChI=1S/C13H22N2O/c1-10(2)15-7-11(3)13(8-15)14-6-12-4-5-16-9-12/h4-5,9-11,13-14H,6-8H2,1-3H3.